The second-order valence-corrected chi connectivity index (χ2v) is 31.2. The van der Waals surface area contributed by atoms with Crippen LogP contribution in [0.15, 0.2) is 382 Å². The van der Waals surface area contributed by atoms with Crippen molar-refractivity contribution in [3.05, 3.63) is 382 Å². The molecule has 0 radical (unpaired) electrons. The summed E-state index contributed by atoms with van der Waals surface area (Å²) < 4.78 is 10.2. The van der Waals surface area contributed by atoms with E-state index in [1.54, 1.807) is 0 Å². The molecule has 0 aliphatic carbocycles. The van der Waals surface area contributed by atoms with Crippen LogP contribution in [0.25, 0.3) is 211 Å². The monoisotopic (exact) mass is 1480 g/mol. The first-order valence-corrected chi connectivity index (χ1v) is 39.9. The maximum absolute atomic E-state index is 5.32. The number of hydrogen-bond donors (Lipinski definition) is 0. The van der Waals surface area contributed by atoms with Gasteiger partial charge in [0.05, 0.1) is 72.8 Å². The summed E-state index contributed by atoms with van der Waals surface area (Å²) in [5.74, 6) is 0. The zero-order valence-corrected chi connectivity index (χ0v) is 62.7. The van der Waals surface area contributed by atoms with Gasteiger partial charge in [0.1, 0.15) is 0 Å². The quantitative estimate of drug-likeness (QED) is 0.143. The standard InChI is InChI=1S/C38H23N3S.2C32H20N2S/c1-2-9-26(10-3-1)41-34-14-6-4-11-27(34)28-18-17-25(21-35(28)41)38-31-13-8-20-39-33(31)23-32(40-38)24-16-19-30-29-12-5-7-15-36(29)42-37(30)22-24;1-3-10-21(11-4-1)30-31(22-12-5-2-6-13-22)34-32-24(15-9-16-27(32)33-30)23-18-19-26-25-14-7-8-17-28(25)35-29(26)20-23;1-3-9-21(10-4-1)31-32(22-11-5-2-6-12-22)34-28-19-23(16-18-27(28)33-31)24-15-17-26-25-13-7-8-14-29(25)35-30(26)20-24/h1-23H;2*1-20H. The van der Waals surface area contributed by atoms with Crippen LogP contribution in [-0.2, 0) is 0 Å². The van der Waals surface area contributed by atoms with Gasteiger partial charge >= 0.3 is 0 Å². The summed E-state index contributed by atoms with van der Waals surface area (Å²) in [6.45, 7) is 0. The predicted molar refractivity (Wildman–Crippen MR) is 475 cm³/mol. The first kappa shape index (κ1) is 66.2. The van der Waals surface area contributed by atoms with E-state index in [4.69, 9.17) is 29.9 Å². The van der Waals surface area contributed by atoms with E-state index in [0.717, 1.165) is 128 Å². The van der Waals surface area contributed by atoms with Gasteiger partial charge in [0.15, 0.2) is 0 Å². The average molecular weight is 1480 g/mol. The van der Waals surface area contributed by atoms with Crippen molar-refractivity contribution in [2.45, 2.75) is 0 Å². The molecule has 0 bridgehead atoms. The molecular formula is C102H63N7S3. The van der Waals surface area contributed by atoms with Crippen molar-refractivity contribution in [3.8, 4) is 95.5 Å². The van der Waals surface area contributed by atoms with Gasteiger partial charge in [0.25, 0.3) is 0 Å². The van der Waals surface area contributed by atoms with Crippen LogP contribution < -0.4 is 0 Å². The molecule has 23 aromatic rings. The van der Waals surface area contributed by atoms with Crippen LogP contribution >= 0.6 is 34.0 Å². The van der Waals surface area contributed by atoms with Gasteiger partial charge in [0, 0.05) is 128 Å². The second kappa shape index (κ2) is 28.2. The van der Waals surface area contributed by atoms with Gasteiger partial charge in [-0.25, -0.2) is 24.9 Å². The third kappa shape index (κ3) is 12.1. The Morgan fingerprint density at radius 2 is 0.625 bits per heavy atom. The highest BCUT2D eigenvalue weighted by atomic mass is 32.1. The fourth-order valence-corrected chi connectivity index (χ4v) is 19.3. The number of aromatic nitrogens is 7. The van der Waals surface area contributed by atoms with E-state index in [1.807, 2.05) is 107 Å². The SMILES string of the molecule is c1ccc(-c2nc3ccc(-c4ccc5c(c4)sc4ccccc45)cc3nc2-c2ccccc2)cc1.c1ccc(-c2nc3cccc(-c4ccc5c(c4)sc4ccccc45)c3nc2-c2ccccc2)cc1.c1ccc(-n2c3ccccc3c3ccc(-c4nc(-c5ccc6c(c5)sc5ccccc56)cc5ncccc45)cc32)cc1. The third-order valence-electron chi connectivity index (χ3n) is 21.2. The topological polar surface area (TPSA) is 82.3 Å². The summed E-state index contributed by atoms with van der Waals surface area (Å²) in [4.78, 5) is 30.7. The lowest BCUT2D eigenvalue weighted by atomic mass is 10.00. The largest absolute Gasteiger partial charge is 0.309 e. The van der Waals surface area contributed by atoms with Gasteiger partial charge in [-0.3, -0.25) is 4.98 Å². The maximum atomic E-state index is 5.32. The highest BCUT2D eigenvalue weighted by Crippen LogP contribution is 2.44. The molecule has 23 rings (SSSR count). The second-order valence-electron chi connectivity index (χ2n) is 28.0. The van der Waals surface area contributed by atoms with Gasteiger partial charge in [0.2, 0.25) is 0 Å². The first-order valence-electron chi connectivity index (χ1n) is 37.4. The molecule has 10 heteroatoms. The van der Waals surface area contributed by atoms with E-state index in [2.05, 4.69) is 314 Å². The van der Waals surface area contributed by atoms with Crippen molar-refractivity contribution in [2.75, 3.05) is 0 Å². The number of benzene rings is 15. The normalized spacial score (nSPS) is 11.6. The Morgan fingerprint density at radius 3 is 1.21 bits per heavy atom. The van der Waals surface area contributed by atoms with Crippen LogP contribution in [0, 0.1) is 0 Å². The summed E-state index contributed by atoms with van der Waals surface area (Å²) >= 11 is 5.52. The number of pyridine rings is 2. The Kier molecular flexibility index (Phi) is 16.7. The molecule has 524 valence electrons. The molecule has 0 amide bonds. The lowest BCUT2D eigenvalue weighted by molar-refractivity contribution is 1.18. The summed E-state index contributed by atoms with van der Waals surface area (Å²) in [5.41, 5.74) is 24.6. The van der Waals surface area contributed by atoms with Crippen molar-refractivity contribution in [3.63, 3.8) is 0 Å². The molecule has 112 heavy (non-hydrogen) atoms. The lowest BCUT2D eigenvalue weighted by Crippen LogP contribution is -1.97. The van der Waals surface area contributed by atoms with E-state index >= 15 is 0 Å². The molecule has 7 nitrogen and oxygen atoms in total. The number of para-hydroxylation sites is 3. The number of hydrogen-bond acceptors (Lipinski definition) is 9. The van der Waals surface area contributed by atoms with Crippen LogP contribution in [0.1, 0.15) is 0 Å². The number of rotatable bonds is 9. The zero-order chi connectivity index (χ0) is 74.0. The lowest BCUT2D eigenvalue weighted by Gasteiger charge is -2.13. The van der Waals surface area contributed by atoms with Crippen molar-refractivity contribution in [1.29, 1.82) is 0 Å². The first-order chi connectivity index (χ1) is 55.5. The van der Waals surface area contributed by atoms with Crippen LogP contribution in [0.3, 0.4) is 0 Å². The summed E-state index contributed by atoms with van der Waals surface area (Å²) in [5, 5.41) is 11.4. The van der Waals surface area contributed by atoms with E-state index in [1.165, 1.54) is 82.4 Å². The van der Waals surface area contributed by atoms with Crippen LogP contribution in [0.4, 0.5) is 0 Å². The van der Waals surface area contributed by atoms with Gasteiger partial charge < -0.3 is 4.57 Å². The molecule has 0 fully saturated rings. The Morgan fingerprint density at radius 1 is 0.205 bits per heavy atom. The molecule has 0 aliphatic heterocycles. The Hall–Kier alpha value is -14.0. The van der Waals surface area contributed by atoms with Crippen molar-refractivity contribution in [1.82, 2.24) is 34.5 Å². The molecular weight excluding hydrogens is 1420 g/mol. The number of thiophene rings is 3. The molecule has 0 unspecified atom stereocenters. The van der Waals surface area contributed by atoms with Crippen molar-refractivity contribution >= 4 is 149 Å². The third-order valence-corrected chi connectivity index (χ3v) is 24.6. The van der Waals surface area contributed by atoms with Crippen molar-refractivity contribution in [2.24, 2.45) is 0 Å². The molecule has 15 aromatic carbocycles. The molecule has 8 aromatic heterocycles. The molecule has 0 spiro atoms. The minimum absolute atomic E-state index is 0.898. The maximum Gasteiger partial charge on any atom is 0.0973 e. The van der Waals surface area contributed by atoms with Gasteiger partial charge in [-0.2, -0.15) is 0 Å². The summed E-state index contributed by atoms with van der Waals surface area (Å²) in [6, 6.07) is 132. The van der Waals surface area contributed by atoms with E-state index in [-0.39, 0.29) is 0 Å². The summed E-state index contributed by atoms with van der Waals surface area (Å²) in [7, 11) is 0. The van der Waals surface area contributed by atoms with Crippen LogP contribution in [0.5, 0.6) is 0 Å². The van der Waals surface area contributed by atoms with Crippen molar-refractivity contribution < 1.29 is 0 Å². The van der Waals surface area contributed by atoms with E-state index in [9.17, 15) is 0 Å². The van der Waals surface area contributed by atoms with Gasteiger partial charge in [-0.05, 0) is 114 Å². The average Bonchev–Trinajstić information content (AvgIpc) is 1.55. The molecule has 0 saturated carbocycles. The van der Waals surface area contributed by atoms with Gasteiger partial charge in [-0.1, -0.05) is 279 Å². The number of fused-ring (bicyclic) bond motifs is 15. The smallest absolute Gasteiger partial charge is 0.0973 e. The van der Waals surface area contributed by atoms with Crippen LogP contribution in [0.2, 0.25) is 0 Å². The van der Waals surface area contributed by atoms with E-state index in [0.29, 0.717) is 0 Å². The predicted octanol–water partition coefficient (Wildman–Crippen LogP) is 28.4. The van der Waals surface area contributed by atoms with Crippen LogP contribution in [-0.4, -0.2) is 34.5 Å². The number of nitrogens with zero attached hydrogens (tertiary/aromatic N) is 7. The molecule has 0 saturated heterocycles. The minimum Gasteiger partial charge on any atom is -0.309 e. The molecule has 8 heterocycles. The van der Waals surface area contributed by atoms with Gasteiger partial charge in [-0.15, -0.1) is 34.0 Å². The molecule has 0 atom stereocenters. The highest BCUT2D eigenvalue weighted by Gasteiger charge is 2.21. The zero-order valence-electron chi connectivity index (χ0n) is 60.2. The Bertz CT molecular complexity index is 7520. The Labute approximate surface area is 656 Å². The molecule has 0 aliphatic rings. The Balaban J connectivity index is 0.000000107. The summed E-state index contributed by atoms with van der Waals surface area (Å²) in [6.07, 6.45) is 1.86. The highest BCUT2D eigenvalue weighted by molar-refractivity contribution is 7.26. The minimum atomic E-state index is 0.898. The van der Waals surface area contributed by atoms with E-state index < -0.39 is 0 Å². The molecule has 0 N–H and O–H groups in total. The fourth-order valence-electron chi connectivity index (χ4n) is 15.8. The fraction of sp³-hybridized carbons (Fsp3) is 0.